The third-order valence-electron chi connectivity index (χ3n) is 5.51. The van der Waals surface area contributed by atoms with E-state index < -0.39 is 11.6 Å². The van der Waals surface area contributed by atoms with Gasteiger partial charge >= 0.3 is 0 Å². The highest BCUT2D eigenvalue weighted by Crippen LogP contribution is 2.31. The number of pyridine rings is 1. The average Bonchev–Trinajstić information content (AvgIpc) is 2.62. The minimum Gasteiger partial charge on any atom is -0.489 e. The number of hydrogen-bond acceptors (Lipinski definition) is 4. The molecule has 0 N–H and O–H groups in total. The summed E-state index contributed by atoms with van der Waals surface area (Å²) in [5.74, 6) is -0.0269. The third-order valence-corrected chi connectivity index (χ3v) is 5.74. The van der Waals surface area contributed by atoms with E-state index >= 15 is 0 Å². The summed E-state index contributed by atoms with van der Waals surface area (Å²) >= 11 is 5.95. The number of aromatic nitrogens is 1. The normalized spacial score (nSPS) is 25.9. The van der Waals surface area contributed by atoms with Crippen molar-refractivity contribution in [2.45, 2.75) is 38.0 Å². The lowest BCUT2D eigenvalue weighted by Gasteiger charge is -2.50. The molecule has 1 aromatic heterocycles. The van der Waals surface area contributed by atoms with E-state index in [4.69, 9.17) is 16.3 Å². The number of ether oxygens (including phenoxy) is 1. The molecule has 4 rings (SSSR count). The number of benzene rings is 1. The van der Waals surface area contributed by atoms with Crippen molar-refractivity contribution in [3.05, 3.63) is 53.2 Å². The first kappa shape index (κ1) is 18.4. The summed E-state index contributed by atoms with van der Waals surface area (Å²) < 4.78 is 32.6. The number of nitrogens with zero attached hydrogens (tertiary/aromatic N) is 3. The van der Waals surface area contributed by atoms with E-state index in [1.165, 1.54) is 12.1 Å². The molecular formula is C20H22ClF2N3O. The summed E-state index contributed by atoms with van der Waals surface area (Å²) in [4.78, 5) is 9.19. The molecule has 1 unspecified atom stereocenters. The van der Waals surface area contributed by atoms with E-state index in [2.05, 4.69) is 21.7 Å². The fraction of sp³-hybridized carbons (Fsp3) is 0.450. The number of piperazine rings is 1. The molecule has 4 nitrogen and oxygen atoms in total. The Morgan fingerprint density at radius 1 is 1.11 bits per heavy atom. The van der Waals surface area contributed by atoms with Crippen molar-refractivity contribution in [2.24, 2.45) is 0 Å². The second-order valence-electron chi connectivity index (χ2n) is 7.25. The quantitative estimate of drug-likeness (QED) is 0.783. The SMILES string of the molecule is CC1[C@@H]2CC[C@@H](Oc3cc(F)cc(F)c3)CN2CCN1c1ccc(Cl)cn1. The Bertz CT molecular complexity index is 784. The molecule has 27 heavy (non-hydrogen) atoms. The van der Waals surface area contributed by atoms with Crippen molar-refractivity contribution in [2.75, 3.05) is 24.5 Å². The number of piperidine rings is 1. The number of rotatable bonds is 3. The molecule has 2 saturated heterocycles. The highest BCUT2D eigenvalue weighted by molar-refractivity contribution is 6.30. The molecule has 0 spiro atoms. The zero-order chi connectivity index (χ0) is 19.0. The fourth-order valence-corrected chi connectivity index (χ4v) is 4.34. The van der Waals surface area contributed by atoms with E-state index in [9.17, 15) is 8.78 Å². The van der Waals surface area contributed by atoms with E-state index in [0.717, 1.165) is 44.4 Å². The van der Waals surface area contributed by atoms with Gasteiger partial charge in [-0.1, -0.05) is 11.6 Å². The molecule has 0 saturated carbocycles. The Labute approximate surface area is 162 Å². The van der Waals surface area contributed by atoms with Gasteiger partial charge in [0.25, 0.3) is 0 Å². The number of anilines is 1. The molecule has 2 fully saturated rings. The lowest BCUT2D eigenvalue weighted by molar-refractivity contribution is 0.0286. The Hall–Kier alpha value is -1.92. The lowest BCUT2D eigenvalue weighted by atomic mass is 9.91. The maximum atomic E-state index is 13.4. The molecule has 2 aliphatic rings. The Kier molecular flexibility index (Phi) is 5.19. The van der Waals surface area contributed by atoms with Gasteiger partial charge in [0.2, 0.25) is 0 Å². The monoisotopic (exact) mass is 393 g/mol. The minimum atomic E-state index is -0.614. The second-order valence-corrected chi connectivity index (χ2v) is 7.69. The van der Waals surface area contributed by atoms with Gasteiger partial charge < -0.3 is 9.64 Å². The highest BCUT2D eigenvalue weighted by Gasteiger charge is 2.38. The molecule has 2 aliphatic heterocycles. The zero-order valence-corrected chi connectivity index (χ0v) is 15.9. The third kappa shape index (κ3) is 4.01. The summed E-state index contributed by atoms with van der Waals surface area (Å²) in [6.07, 6.45) is 3.44. The molecule has 3 heterocycles. The van der Waals surface area contributed by atoms with Crippen LogP contribution in [-0.4, -0.2) is 47.7 Å². The van der Waals surface area contributed by atoms with E-state index in [0.29, 0.717) is 17.1 Å². The van der Waals surface area contributed by atoms with Gasteiger partial charge in [-0.15, -0.1) is 0 Å². The van der Waals surface area contributed by atoms with Crippen LogP contribution in [0.1, 0.15) is 19.8 Å². The summed E-state index contributed by atoms with van der Waals surface area (Å²) in [5.41, 5.74) is 0. The van der Waals surface area contributed by atoms with Gasteiger partial charge in [-0.25, -0.2) is 13.8 Å². The predicted octanol–water partition coefficient (Wildman–Crippen LogP) is 4.13. The van der Waals surface area contributed by atoms with Crippen LogP contribution in [0.4, 0.5) is 14.6 Å². The van der Waals surface area contributed by atoms with Crippen LogP contribution >= 0.6 is 11.6 Å². The second kappa shape index (κ2) is 7.60. The Morgan fingerprint density at radius 2 is 1.89 bits per heavy atom. The molecule has 7 heteroatoms. The molecule has 1 aromatic carbocycles. The summed E-state index contributed by atoms with van der Waals surface area (Å²) in [5, 5.41) is 0.636. The van der Waals surface area contributed by atoms with Crippen LogP contribution in [-0.2, 0) is 0 Å². The van der Waals surface area contributed by atoms with Crippen LogP contribution < -0.4 is 9.64 Å². The smallest absolute Gasteiger partial charge is 0.129 e. The first-order valence-corrected chi connectivity index (χ1v) is 9.62. The van der Waals surface area contributed by atoms with Gasteiger partial charge in [-0.05, 0) is 31.9 Å². The van der Waals surface area contributed by atoms with Crippen molar-refractivity contribution >= 4 is 17.4 Å². The molecule has 0 radical (unpaired) electrons. The largest absolute Gasteiger partial charge is 0.489 e. The van der Waals surface area contributed by atoms with Crippen molar-refractivity contribution < 1.29 is 13.5 Å². The van der Waals surface area contributed by atoms with Crippen molar-refractivity contribution in [1.82, 2.24) is 9.88 Å². The first-order valence-electron chi connectivity index (χ1n) is 9.24. The van der Waals surface area contributed by atoms with Gasteiger partial charge in [0, 0.05) is 56.1 Å². The Morgan fingerprint density at radius 3 is 2.59 bits per heavy atom. The average molecular weight is 394 g/mol. The highest BCUT2D eigenvalue weighted by atomic mass is 35.5. The van der Waals surface area contributed by atoms with Gasteiger partial charge in [0.15, 0.2) is 0 Å². The van der Waals surface area contributed by atoms with Gasteiger partial charge in [0.05, 0.1) is 5.02 Å². The topological polar surface area (TPSA) is 28.6 Å². The van der Waals surface area contributed by atoms with Crippen LogP contribution in [0.3, 0.4) is 0 Å². The van der Waals surface area contributed by atoms with Crippen LogP contribution in [0.2, 0.25) is 5.02 Å². The standard InChI is InChI=1S/C20H22ClF2N3O/c1-13-19-4-3-17(27-18-9-15(22)8-16(23)10-18)12-25(19)6-7-26(13)20-5-2-14(21)11-24-20/h2,5,8-11,13,17,19H,3-4,6-7,12H2,1H3/t13?,17-,19+/m1/s1. The molecule has 0 amide bonds. The molecule has 3 atom stereocenters. The van der Waals surface area contributed by atoms with Crippen LogP contribution in [0.25, 0.3) is 0 Å². The van der Waals surface area contributed by atoms with Crippen molar-refractivity contribution in [1.29, 1.82) is 0 Å². The van der Waals surface area contributed by atoms with Crippen molar-refractivity contribution in [3.8, 4) is 5.75 Å². The molecule has 2 aromatic rings. The van der Waals surface area contributed by atoms with Crippen LogP contribution in [0.5, 0.6) is 5.75 Å². The minimum absolute atomic E-state index is 0.0603. The van der Waals surface area contributed by atoms with E-state index in [-0.39, 0.29) is 11.9 Å². The summed E-state index contributed by atoms with van der Waals surface area (Å²) in [6, 6.07) is 7.88. The van der Waals surface area contributed by atoms with E-state index in [1.807, 2.05) is 12.1 Å². The fourth-order valence-electron chi connectivity index (χ4n) is 4.22. The zero-order valence-electron chi connectivity index (χ0n) is 15.1. The molecule has 0 aliphatic carbocycles. The molecular weight excluding hydrogens is 372 g/mol. The number of hydrogen-bond donors (Lipinski definition) is 0. The van der Waals surface area contributed by atoms with Crippen molar-refractivity contribution in [3.63, 3.8) is 0 Å². The number of halogens is 3. The summed E-state index contributed by atoms with van der Waals surface area (Å²) in [7, 11) is 0. The Balaban J connectivity index is 1.41. The maximum absolute atomic E-state index is 13.4. The van der Waals surface area contributed by atoms with E-state index in [1.54, 1.807) is 6.20 Å². The maximum Gasteiger partial charge on any atom is 0.129 e. The molecule has 0 bridgehead atoms. The molecule has 144 valence electrons. The lowest BCUT2D eigenvalue weighted by Crippen LogP contribution is -2.62. The van der Waals surface area contributed by atoms with Crippen LogP contribution in [0, 0.1) is 11.6 Å². The number of fused-ring (bicyclic) bond motifs is 1. The van der Waals surface area contributed by atoms with Gasteiger partial charge in [-0.3, -0.25) is 4.90 Å². The van der Waals surface area contributed by atoms with Crippen LogP contribution in [0.15, 0.2) is 36.5 Å². The first-order chi connectivity index (χ1) is 13.0. The predicted molar refractivity (Wildman–Crippen MR) is 101 cm³/mol. The summed E-state index contributed by atoms with van der Waals surface area (Å²) in [6.45, 7) is 4.75. The van der Waals surface area contributed by atoms with Gasteiger partial charge in [0.1, 0.15) is 29.3 Å². The van der Waals surface area contributed by atoms with Gasteiger partial charge in [-0.2, -0.15) is 0 Å².